The molecule has 1 saturated carbocycles. The smallest absolute Gasteiger partial charge is 0.251 e. The van der Waals surface area contributed by atoms with Gasteiger partial charge in [-0.3, -0.25) is 4.79 Å². The van der Waals surface area contributed by atoms with Gasteiger partial charge in [-0.15, -0.1) is 0 Å². The highest BCUT2D eigenvalue weighted by molar-refractivity contribution is 14.1. The second-order valence-corrected chi connectivity index (χ2v) is 7.82. The summed E-state index contributed by atoms with van der Waals surface area (Å²) in [5, 5.41) is 12.8. The lowest BCUT2D eigenvalue weighted by Gasteiger charge is -2.31. The van der Waals surface area contributed by atoms with Crippen LogP contribution in [0.25, 0.3) is 0 Å². The molecule has 0 unspecified atom stereocenters. The van der Waals surface area contributed by atoms with Crippen LogP contribution in [-0.4, -0.2) is 17.6 Å². The van der Waals surface area contributed by atoms with Crippen LogP contribution in [0.15, 0.2) is 18.2 Å². The van der Waals surface area contributed by atoms with Gasteiger partial charge in [0.2, 0.25) is 0 Å². The van der Waals surface area contributed by atoms with Gasteiger partial charge in [-0.25, -0.2) is 0 Å². The van der Waals surface area contributed by atoms with Crippen LogP contribution in [0.5, 0.6) is 5.75 Å². The SMILES string of the molecule is CC(C)CC1(CNC(=O)c2ccc(I)c(O)c2)CCCC1. The molecule has 1 aliphatic rings. The normalized spacial score (nSPS) is 17.1. The van der Waals surface area contributed by atoms with E-state index in [1.807, 2.05) is 0 Å². The Morgan fingerprint density at radius 2 is 2.05 bits per heavy atom. The zero-order chi connectivity index (χ0) is 15.5. The van der Waals surface area contributed by atoms with E-state index in [0.717, 1.165) is 10.1 Å². The van der Waals surface area contributed by atoms with Crippen molar-refractivity contribution in [3.63, 3.8) is 0 Å². The summed E-state index contributed by atoms with van der Waals surface area (Å²) in [4.78, 5) is 12.3. The Kier molecular flexibility index (Phi) is 5.52. The van der Waals surface area contributed by atoms with E-state index >= 15 is 0 Å². The van der Waals surface area contributed by atoms with E-state index < -0.39 is 0 Å². The molecule has 0 spiro atoms. The zero-order valence-corrected chi connectivity index (χ0v) is 14.9. The lowest BCUT2D eigenvalue weighted by atomic mass is 9.78. The fourth-order valence-corrected chi connectivity index (χ4v) is 3.80. The van der Waals surface area contributed by atoms with Gasteiger partial charge in [0.25, 0.3) is 5.91 Å². The molecular formula is C17H24INO2. The number of amides is 1. The summed E-state index contributed by atoms with van der Waals surface area (Å²) in [6, 6.07) is 5.08. The summed E-state index contributed by atoms with van der Waals surface area (Å²) in [6.07, 6.45) is 6.14. The minimum absolute atomic E-state index is 0.0864. The molecule has 21 heavy (non-hydrogen) atoms. The van der Waals surface area contributed by atoms with Gasteiger partial charge in [0.1, 0.15) is 5.75 Å². The Labute approximate surface area is 140 Å². The van der Waals surface area contributed by atoms with Crippen molar-refractivity contribution in [2.75, 3.05) is 6.54 Å². The van der Waals surface area contributed by atoms with Crippen molar-refractivity contribution in [1.82, 2.24) is 5.32 Å². The lowest BCUT2D eigenvalue weighted by molar-refractivity contribution is 0.0921. The number of hydrogen-bond acceptors (Lipinski definition) is 2. The van der Waals surface area contributed by atoms with Crippen LogP contribution >= 0.6 is 22.6 Å². The average molecular weight is 401 g/mol. The van der Waals surface area contributed by atoms with Crippen LogP contribution in [0.2, 0.25) is 0 Å². The molecule has 116 valence electrons. The van der Waals surface area contributed by atoms with Crippen molar-refractivity contribution in [3.05, 3.63) is 27.3 Å². The number of benzene rings is 1. The van der Waals surface area contributed by atoms with Crippen molar-refractivity contribution in [2.45, 2.75) is 46.0 Å². The topological polar surface area (TPSA) is 49.3 Å². The molecule has 0 radical (unpaired) electrons. The molecule has 1 amide bonds. The van der Waals surface area contributed by atoms with Gasteiger partial charge in [0, 0.05) is 12.1 Å². The van der Waals surface area contributed by atoms with Gasteiger partial charge in [-0.1, -0.05) is 26.7 Å². The van der Waals surface area contributed by atoms with Crippen molar-refractivity contribution in [2.24, 2.45) is 11.3 Å². The number of carbonyl (C=O) groups excluding carboxylic acids is 1. The summed E-state index contributed by atoms with van der Waals surface area (Å²) in [5.41, 5.74) is 0.806. The maximum Gasteiger partial charge on any atom is 0.251 e. The molecule has 0 bridgehead atoms. The maximum absolute atomic E-state index is 12.3. The molecule has 0 saturated heterocycles. The number of aromatic hydroxyl groups is 1. The van der Waals surface area contributed by atoms with E-state index in [0.29, 0.717) is 11.5 Å². The molecule has 0 aliphatic heterocycles. The highest BCUT2D eigenvalue weighted by atomic mass is 127. The first-order valence-electron chi connectivity index (χ1n) is 7.69. The van der Waals surface area contributed by atoms with Crippen LogP contribution in [-0.2, 0) is 0 Å². The number of phenolic OH excluding ortho intramolecular Hbond substituents is 1. The van der Waals surface area contributed by atoms with Gasteiger partial charge < -0.3 is 10.4 Å². The first-order valence-corrected chi connectivity index (χ1v) is 8.76. The molecule has 1 fully saturated rings. The molecule has 1 aromatic carbocycles. The Morgan fingerprint density at radius 1 is 1.38 bits per heavy atom. The third-order valence-electron chi connectivity index (χ3n) is 4.34. The van der Waals surface area contributed by atoms with Gasteiger partial charge >= 0.3 is 0 Å². The molecule has 2 rings (SSSR count). The minimum Gasteiger partial charge on any atom is -0.507 e. The summed E-state index contributed by atoms with van der Waals surface area (Å²) < 4.78 is 0.760. The second-order valence-electron chi connectivity index (χ2n) is 6.65. The second kappa shape index (κ2) is 6.99. The number of nitrogens with one attached hydrogen (secondary N) is 1. The van der Waals surface area contributed by atoms with E-state index in [1.54, 1.807) is 18.2 Å². The van der Waals surface area contributed by atoms with Crippen molar-refractivity contribution in [1.29, 1.82) is 0 Å². The molecule has 0 aromatic heterocycles. The highest BCUT2D eigenvalue weighted by Crippen LogP contribution is 2.42. The number of phenols is 1. The predicted molar refractivity (Wildman–Crippen MR) is 93.5 cm³/mol. The van der Waals surface area contributed by atoms with E-state index in [1.165, 1.54) is 32.1 Å². The fraction of sp³-hybridized carbons (Fsp3) is 0.588. The first kappa shape index (κ1) is 16.6. The van der Waals surface area contributed by atoms with Gasteiger partial charge in [-0.05, 0) is 71.4 Å². The van der Waals surface area contributed by atoms with Crippen LogP contribution in [0.4, 0.5) is 0 Å². The first-order chi connectivity index (χ1) is 9.92. The van der Waals surface area contributed by atoms with Crippen LogP contribution in [0, 0.1) is 14.9 Å². The maximum atomic E-state index is 12.3. The van der Waals surface area contributed by atoms with Crippen LogP contribution < -0.4 is 5.32 Å². The molecular weight excluding hydrogens is 377 g/mol. The summed E-state index contributed by atoms with van der Waals surface area (Å²) in [7, 11) is 0. The molecule has 4 heteroatoms. The third-order valence-corrected chi connectivity index (χ3v) is 5.25. The van der Waals surface area contributed by atoms with Gasteiger partial charge in [-0.2, -0.15) is 0 Å². The van der Waals surface area contributed by atoms with Gasteiger partial charge in [0.05, 0.1) is 3.57 Å². The Bertz CT molecular complexity index is 508. The number of rotatable bonds is 5. The molecule has 0 atom stereocenters. The molecule has 0 heterocycles. The zero-order valence-electron chi connectivity index (χ0n) is 12.8. The quantitative estimate of drug-likeness (QED) is 0.722. The summed E-state index contributed by atoms with van der Waals surface area (Å²) in [6.45, 7) is 5.24. The monoisotopic (exact) mass is 401 g/mol. The predicted octanol–water partition coefficient (Wildman–Crippen LogP) is 4.33. The Hall–Kier alpha value is -0.780. The standard InChI is InChI=1S/C17H24INO2/c1-12(2)10-17(7-3-4-8-17)11-19-16(21)13-5-6-14(18)15(20)9-13/h5-6,9,12,20H,3-4,7-8,10-11H2,1-2H3,(H,19,21). The lowest BCUT2D eigenvalue weighted by Crippen LogP contribution is -2.36. The number of halogens is 1. The summed E-state index contributed by atoms with van der Waals surface area (Å²) >= 11 is 2.05. The average Bonchev–Trinajstić information content (AvgIpc) is 2.87. The third kappa shape index (κ3) is 4.34. The molecule has 3 nitrogen and oxygen atoms in total. The van der Waals surface area contributed by atoms with E-state index in [-0.39, 0.29) is 17.1 Å². The van der Waals surface area contributed by atoms with E-state index in [2.05, 4.69) is 41.8 Å². The van der Waals surface area contributed by atoms with E-state index in [4.69, 9.17) is 0 Å². The van der Waals surface area contributed by atoms with Crippen LogP contribution in [0.1, 0.15) is 56.3 Å². The largest absolute Gasteiger partial charge is 0.507 e. The molecule has 1 aliphatic carbocycles. The minimum atomic E-state index is -0.0864. The summed E-state index contributed by atoms with van der Waals surface area (Å²) in [5.74, 6) is 0.736. The Balaban J connectivity index is 2.00. The highest BCUT2D eigenvalue weighted by Gasteiger charge is 2.34. The molecule has 1 aromatic rings. The number of hydrogen-bond donors (Lipinski definition) is 2. The Morgan fingerprint density at radius 3 is 2.62 bits per heavy atom. The van der Waals surface area contributed by atoms with Crippen LogP contribution in [0.3, 0.4) is 0 Å². The van der Waals surface area contributed by atoms with Crippen molar-refractivity contribution >= 4 is 28.5 Å². The molecule has 2 N–H and O–H groups in total. The fourth-order valence-electron chi connectivity index (χ4n) is 3.47. The van der Waals surface area contributed by atoms with Crippen molar-refractivity contribution in [3.8, 4) is 5.75 Å². The van der Waals surface area contributed by atoms with Crippen molar-refractivity contribution < 1.29 is 9.90 Å². The number of carbonyl (C=O) groups is 1. The van der Waals surface area contributed by atoms with E-state index in [9.17, 15) is 9.90 Å². The van der Waals surface area contributed by atoms with Gasteiger partial charge in [0.15, 0.2) is 0 Å².